The molecule has 0 radical (unpaired) electrons. The van der Waals surface area contributed by atoms with Crippen molar-refractivity contribution in [3.63, 3.8) is 0 Å². The summed E-state index contributed by atoms with van der Waals surface area (Å²) in [5, 5.41) is 2.48. The topological polar surface area (TPSA) is 72.5 Å². The van der Waals surface area contributed by atoms with E-state index in [0.717, 1.165) is 6.07 Å². The van der Waals surface area contributed by atoms with Gasteiger partial charge in [0, 0.05) is 5.56 Å². The minimum absolute atomic E-state index is 0.183. The summed E-state index contributed by atoms with van der Waals surface area (Å²) >= 11 is 5.87. The fourth-order valence-corrected chi connectivity index (χ4v) is 2.10. The van der Waals surface area contributed by atoms with Gasteiger partial charge in [-0.05, 0) is 24.3 Å². The summed E-state index contributed by atoms with van der Waals surface area (Å²) in [6, 6.07) is 11.7. The first-order valence-corrected chi connectivity index (χ1v) is 7.33. The zero-order chi connectivity index (χ0) is 17.5. The van der Waals surface area contributed by atoms with Gasteiger partial charge < -0.3 is 10.1 Å². The Bertz CT molecular complexity index is 715. The van der Waals surface area contributed by atoms with Crippen LogP contribution in [0.1, 0.15) is 20.7 Å². The number of Topliss-reactive ketones (excluding diaryl/α,β-unsaturated/α-hetero) is 1. The lowest BCUT2D eigenvalue weighted by molar-refractivity contribution is -0.141. The molecule has 1 N–H and O–H groups in total. The molecule has 0 atom stereocenters. The maximum atomic E-state index is 13.4. The van der Waals surface area contributed by atoms with Crippen molar-refractivity contribution in [2.24, 2.45) is 0 Å². The monoisotopic (exact) mass is 349 g/mol. The highest BCUT2D eigenvalue weighted by Crippen LogP contribution is 2.15. The minimum Gasteiger partial charge on any atom is -0.456 e. The average molecular weight is 350 g/mol. The van der Waals surface area contributed by atoms with Crippen LogP contribution in [0.2, 0.25) is 5.02 Å². The summed E-state index contributed by atoms with van der Waals surface area (Å²) in [5.74, 6) is -2.73. The lowest BCUT2D eigenvalue weighted by Crippen LogP contribution is -2.32. The SMILES string of the molecule is O=C(CNC(=O)c1ccccc1F)OCC(=O)c1ccccc1Cl. The molecule has 0 aliphatic heterocycles. The molecule has 1 amide bonds. The van der Waals surface area contributed by atoms with Crippen LogP contribution in [-0.2, 0) is 9.53 Å². The Labute approximate surface area is 142 Å². The Balaban J connectivity index is 1.82. The Hall–Kier alpha value is -2.73. The number of ketones is 1. The van der Waals surface area contributed by atoms with Gasteiger partial charge in [-0.3, -0.25) is 14.4 Å². The van der Waals surface area contributed by atoms with Crippen molar-refractivity contribution < 1.29 is 23.5 Å². The molecule has 24 heavy (non-hydrogen) atoms. The molecule has 0 fully saturated rings. The summed E-state index contributed by atoms with van der Waals surface area (Å²) in [7, 11) is 0. The summed E-state index contributed by atoms with van der Waals surface area (Å²) in [4.78, 5) is 35.2. The van der Waals surface area contributed by atoms with Crippen molar-refractivity contribution in [3.8, 4) is 0 Å². The van der Waals surface area contributed by atoms with Gasteiger partial charge in [-0.2, -0.15) is 0 Å². The van der Waals surface area contributed by atoms with Crippen LogP contribution in [0.3, 0.4) is 0 Å². The van der Waals surface area contributed by atoms with E-state index in [2.05, 4.69) is 5.32 Å². The highest BCUT2D eigenvalue weighted by Gasteiger charge is 2.15. The number of carbonyl (C=O) groups excluding carboxylic acids is 3. The van der Waals surface area contributed by atoms with E-state index in [0.29, 0.717) is 0 Å². The van der Waals surface area contributed by atoms with Crippen LogP contribution < -0.4 is 5.32 Å². The second kappa shape index (κ2) is 8.21. The highest BCUT2D eigenvalue weighted by atomic mass is 35.5. The molecule has 2 rings (SSSR count). The first kappa shape index (κ1) is 17.6. The predicted molar refractivity (Wildman–Crippen MR) is 85.5 cm³/mol. The highest BCUT2D eigenvalue weighted by molar-refractivity contribution is 6.34. The Morgan fingerprint density at radius 3 is 2.29 bits per heavy atom. The van der Waals surface area contributed by atoms with Gasteiger partial charge in [-0.1, -0.05) is 35.9 Å². The minimum atomic E-state index is -0.819. The number of halogens is 2. The second-order valence-corrected chi connectivity index (χ2v) is 5.13. The Morgan fingerprint density at radius 1 is 1.00 bits per heavy atom. The van der Waals surface area contributed by atoms with Crippen molar-refractivity contribution in [1.29, 1.82) is 0 Å². The number of nitrogens with one attached hydrogen (secondary N) is 1. The zero-order valence-corrected chi connectivity index (χ0v) is 13.2. The van der Waals surface area contributed by atoms with Gasteiger partial charge in [-0.15, -0.1) is 0 Å². The van der Waals surface area contributed by atoms with Crippen molar-refractivity contribution in [3.05, 3.63) is 70.5 Å². The van der Waals surface area contributed by atoms with E-state index in [1.54, 1.807) is 18.2 Å². The molecule has 0 unspecified atom stereocenters. The van der Waals surface area contributed by atoms with E-state index in [1.165, 1.54) is 24.3 Å². The molecule has 7 heteroatoms. The van der Waals surface area contributed by atoms with E-state index >= 15 is 0 Å². The molecule has 0 saturated carbocycles. The fourth-order valence-electron chi connectivity index (χ4n) is 1.86. The predicted octanol–water partition coefficient (Wildman–Crippen LogP) is 2.64. The molecule has 2 aromatic carbocycles. The number of amides is 1. The molecule has 124 valence electrons. The van der Waals surface area contributed by atoms with E-state index in [9.17, 15) is 18.8 Å². The number of carbonyl (C=O) groups is 3. The van der Waals surface area contributed by atoms with Crippen LogP contribution >= 0.6 is 11.6 Å². The molecule has 2 aromatic rings. The quantitative estimate of drug-likeness (QED) is 0.642. The number of ether oxygens (including phenoxy) is 1. The van der Waals surface area contributed by atoms with Crippen molar-refractivity contribution in [2.75, 3.05) is 13.2 Å². The summed E-state index contributed by atoms with van der Waals surface area (Å²) < 4.78 is 18.2. The zero-order valence-electron chi connectivity index (χ0n) is 12.4. The molecular formula is C17H13ClFNO4. The summed E-state index contributed by atoms with van der Waals surface area (Å²) in [6.45, 7) is -0.985. The first-order valence-electron chi connectivity index (χ1n) is 6.95. The van der Waals surface area contributed by atoms with Gasteiger partial charge in [0.05, 0.1) is 10.6 Å². The molecule has 0 heterocycles. The van der Waals surface area contributed by atoms with Gasteiger partial charge >= 0.3 is 5.97 Å². The molecular weight excluding hydrogens is 337 g/mol. The smallest absolute Gasteiger partial charge is 0.325 e. The van der Waals surface area contributed by atoms with E-state index in [4.69, 9.17) is 16.3 Å². The van der Waals surface area contributed by atoms with Gasteiger partial charge in [0.25, 0.3) is 5.91 Å². The van der Waals surface area contributed by atoms with Gasteiger partial charge in [-0.25, -0.2) is 4.39 Å². The largest absolute Gasteiger partial charge is 0.456 e. The third kappa shape index (κ3) is 4.63. The maximum absolute atomic E-state index is 13.4. The van der Waals surface area contributed by atoms with Gasteiger partial charge in [0.2, 0.25) is 5.78 Å². The number of hydrogen-bond acceptors (Lipinski definition) is 4. The van der Waals surface area contributed by atoms with Gasteiger partial charge in [0.1, 0.15) is 12.4 Å². The normalized spacial score (nSPS) is 10.1. The van der Waals surface area contributed by atoms with E-state index in [1.807, 2.05) is 0 Å². The first-order chi connectivity index (χ1) is 11.5. The van der Waals surface area contributed by atoms with Gasteiger partial charge in [0.15, 0.2) is 6.61 Å². The molecule has 0 spiro atoms. The van der Waals surface area contributed by atoms with Crippen molar-refractivity contribution in [2.45, 2.75) is 0 Å². The maximum Gasteiger partial charge on any atom is 0.325 e. The van der Waals surface area contributed by atoms with Crippen LogP contribution in [0.15, 0.2) is 48.5 Å². The Morgan fingerprint density at radius 2 is 1.62 bits per heavy atom. The van der Waals surface area contributed by atoms with Crippen LogP contribution in [0.4, 0.5) is 4.39 Å². The fraction of sp³-hybridized carbons (Fsp3) is 0.118. The summed E-state index contributed by atoms with van der Waals surface area (Å²) in [6.07, 6.45) is 0. The van der Waals surface area contributed by atoms with Crippen LogP contribution in [0.5, 0.6) is 0 Å². The molecule has 0 saturated heterocycles. The molecule has 0 aliphatic carbocycles. The van der Waals surface area contributed by atoms with Crippen molar-refractivity contribution >= 4 is 29.3 Å². The number of esters is 1. The Kier molecular flexibility index (Phi) is 6.03. The van der Waals surface area contributed by atoms with E-state index in [-0.39, 0.29) is 16.1 Å². The van der Waals surface area contributed by atoms with Crippen LogP contribution in [0.25, 0.3) is 0 Å². The molecule has 0 bridgehead atoms. The van der Waals surface area contributed by atoms with E-state index < -0.39 is 36.6 Å². The third-order valence-corrected chi connectivity index (χ3v) is 3.38. The second-order valence-electron chi connectivity index (χ2n) is 4.73. The number of hydrogen-bond donors (Lipinski definition) is 1. The van der Waals surface area contributed by atoms with Crippen LogP contribution in [-0.4, -0.2) is 30.8 Å². The average Bonchev–Trinajstić information content (AvgIpc) is 2.58. The number of benzene rings is 2. The number of rotatable bonds is 6. The van der Waals surface area contributed by atoms with Crippen molar-refractivity contribution in [1.82, 2.24) is 5.32 Å². The summed E-state index contributed by atoms with van der Waals surface area (Å²) in [5.41, 5.74) is 0.0554. The molecule has 0 aromatic heterocycles. The lowest BCUT2D eigenvalue weighted by Gasteiger charge is -2.07. The molecule has 5 nitrogen and oxygen atoms in total. The third-order valence-electron chi connectivity index (χ3n) is 3.05. The van der Waals surface area contributed by atoms with Crippen LogP contribution in [0, 0.1) is 5.82 Å². The molecule has 0 aliphatic rings. The standard InChI is InChI=1S/C17H13ClFNO4/c18-13-7-3-1-5-11(13)15(21)10-24-16(22)9-20-17(23)12-6-2-4-8-14(12)19/h1-8H,9-10H2,(H,20,23). The lowest BCUT2D eigenvalue weighted by atomic mass is 10.1.